The summed E-state index contributed by atoms with van der Waals surface area (Å²) in [7, 11) is 0. The number of hydrogen-bond donors (Lipinski definition) is 0. The molecule has 0 fully saturated rings. The smallest absolute Gasteiger partial charge is 0.410 e. The maximum atomic E-state index is 5.08. The Bertz CT molecular complexity index is 41.4. The summed E-state index contributed by atoms with van der Waals surface area (Å²) in [6, 6.07) is 0. The van der Waals surface area contributed by atoms with E-state index in [1.807, 2.05) is 0 Å². The third kappa shape index (κ3) is 11.0. The van der Waals surface area contributed by atoms with Crippen LogP contribution in [-0.2, 0) is 3.79 Å². The maximum absolute atomic E-state index is 5.08. The first kappa shape index (κ1) is 11.0. The molecule has 7 heavy (non-hydrogen) atoms. The minimum absolute atomic E-state index is 0. The fourth-order valence-corrected chi connectivity index (χ4v) is 0. The molecular weight excluding hydrogens is 98.0 g/mol. The van der Waals surface area contributed by atoms with Crippen molar-refractivity contribution in [3.05, 3.63) is 0 Å². The molecule has 0 unspecified atom stereocenters. The van der Waals surface area contributed by atoms with E-state index in [9.17, 15) is 0 Å². The van der Waals surface area contributed by atoms with Gasteiger partial charge in [0.05, 0.1) is 0 Å². The van der Waals surface area contributed by atoms with Gasteiger partial charge in [-0.2, -0.15) is 0 Å². The summed E-state index contributed by atoms with van der Waals surface area (Å²) in [6.07, 6.45) is 0. The van der Waals surface area contributed by atoms with Crippen LogP contribution in [0.2, 0.25) is 0 Å². The van der Waals surface area contributed by atoms with Crippen LogP contribution in [0.4, 0.5) is 0 Å². The van der Waals surface area contributed by atoms with Crippen molar-refractivity contribution in [1.29, 1.82) is 0 Å². The van der Waals surface area contributed by atoms with E-state index in [2.05, 4.69) is 20.8 Å². The topological polar surface area (TPSA) is 9.23 Å². The molecule has 0 aliphatic heterocycles. The summed E-state index contributed by atoms with van der Waals surface area (Å²) in [5, 5.41) is 0. The van der Waals surface area contributed by atoms with Gasteiger partial charge < -0.3 is 3.79 Å². The maximum Gasteiger partial charge on any atom is 0.410 e. The molecule has 0 aliphatic carbocycles. The quantitative estimate of drug-likeness (QED) is 0.397. The summed E-state index contributed by atoms with van der Waals surface area (Å²) >= 11 is 0.848. The van der Waals surface area contributed by atoms with Crippen LogP contribution in [0, 0.1) is 0 Å². The van der Waals surface area contributed by atoms with Crippen LogP contribution in [0.5, 0.6) is 0 Å². The zero-order valence-corrected chi connectivity index (χ0v) is 7.91. The van der Waals surface area contributed by atoms with Crippen molar-refractivity contribution in [2.24, 2.45) is 0 Å². The Kier molecular flexibility index (Phi) is 6.29. The molecule has 37 valence electrons. The molecule has 0 aromatic heterocycles. The SMILES string of the molecule is CC(C)(C)[O][AlH2].[Li]. The monoisotopic (exact) mass is 109 g/mol. The molecule has 1 radical (unpaired) electrons. The third-order valence-corrected chi connectivity index (χ3v) is 1.84. The Balaban J connectivity index is 0. The summed E-state index contributed by atoms with van der Waals surface area (Å²) in [6.45, 7) is 6.17. The van der Waals surface area contributed by atoms with Gasteiger partial charge in [-0.25, -0.2) is 0 Å². The minimum Gasteiger partial charge on any atom is -0.502 e. The molecule has 0 saturated carbocycles. The summed E-state index contributed by atoms with van der Waals surface area (Å²) < 4.78 is 5.08. The molecule has 0 heterocycles. The van der Waals surface area contributed by atoms with Crippen LogP contribution in [0.3, 0.4) is 0 Å². The van der Waals surface area contributed by atoms with Gasteiger partial charge in [-0.05, 0) is 20.8 Å². The van der Waals surface area contributed by atoms with Gasteiger partial charge in [0.15, 0.2) is 0 Å². The summed E-state index contributed by atoms with van der Waals surface area (Å²) in [5.74, 6) is 0. The van der Waals surface area contributed by atoms with Crippen LogP contribution in [-0.4, -0.2) is 41.1 Å². The van der Waals surface area contributed by atoms with Crippen molar-refractivity contribution in [2.45, 2.75) is 26.4 Å². The molecule has 0 aromatic rings. The summed E-state index contributed by atoms with van der Waals surface area (Å²) in [4.78, 5) is 0. The van der Waals surface area contributed by atoms with E-state index in [0.29, 0.717) is 0 Å². The Hall–Kier alpha value is 1.09. The number of hydrogen-bond acceptors (Lipinski definition) is 1. The van der Waals surface area contributed by atoms with Gasteiger partial charge in [0.1, 0.15) is 0 Å². The first-order valence-electron chi connectivity index (χ1n) is 2.11. The molecule has 0 bridgehead atoms. The molecular formula is C4H11AlLiO. The van der Waals surface area contributed by atoms with E-state index >= 15 is 0 Å². The van der Waals surface area contributed by atoms with Crippen LogP contribution in [0.25, 0.3) is 0 Å². The van der Waals surface area contributed by atoms with Crippen molar-refractivity contribution in [2.75, 3.05) is 0 Å². The van der Waals surface area contributed by atoms with Crippen LogP contribution >= 0.6 is 0 Å². The van der Waals surface area contributed by atoms with Gasteiger partial charge in [0.25, 0.3) is 0 Å². The zero-order valence-electron chi connectivity index (χ0n) is 5.91. The molecule has 0 rings (SSSR count). The average Bonchev–Trinajstić information content (AvgIpc) is 1.35. The number of rotatable bonds is 0. The molecule has 0 amide bonds. The molecule has 3 heteroatoms. The van der Waals surface area contributed by atoms with Gasteiger partial charge in [-0.3, -0.25) is 0 Å². The van der Waals surface area contributed by atoms with Gasteiger partial charge in [0.2, 0.25) is 0 Å². The minimum atomic E-state index is 0. The third-order valence-electron chi connectivity index (χ3n) is 0.612. The van der Waals surface area contributed by atoms with E-state index < -0.39 is 0 Å². The van der Waals surface area contributed by atoms with E-state index in [1.165, 1.54) is 0 Å². The van der Waals surface area contributed by atoms with Gasteiger partial charge in [-0.15, -0.1) is 0 Å². The van der Waals surface area contributed by atoms with E-state index in [0.717, 1.165) is 16.6 Å². The molecule has 0 aromatic carbocycles. The Morgan fingerprint density at radius 2 is 1.43 bits per heavy atom. The van der Waals surface area contributed by atoms with E-state index in [-0.39, 0.29) is 24.5 Å². The van der Waals surface area contributed by atoms with Gasteiger partial charge >= 0.3 is 16.6 Å². The van der Waals surface area contributed by atoms with Crippen LogP contribution < -0.4 is 0 Å². The molecule has 0 saturated heterocycles. The molecule has 1 nitrogen and oxygen atoms in total. The standard InChI is InChI=1S/C4H9O.Al.Li.2H/c1-4(2,3)5;;;;/h1-3H3;;;;/q-1;+1;;;. The average molecular weight is 109 g/mol. The second-order valence-electron chi connectivity index (χ2n) is 2.32. The predicted octanol–water partition coefficient (Wildman–Crippen LogP) is -0.0312. The van der Waals surface area contributed by atoms with Crippen molar-refractivity contribution in [3.8, 4) is 0 Å². The van der Waals surface area contributed by atoms with Gasteiger partial charge in [0, 0.05) is 24.5 Å². The van der Waals surface area contributed by atoms with Gasteiger partial charge in [-0.1, -0.05) is 0 Å². The first-order valence-corrected chi connectivity index (χ1v) is 2.93. The molecule has 0 N–H and O–H groups in total. The predicted molar refractivity (Wildman–Crippen MR) is 35.1 cm³/mol. The first-order chi connectivity index (χ1) is 2.56. The normalized spacial score (nSPS) is 10.1. The largest absolute Gasteiger partial charge is 0.502 e. The Morgan fingerprint density at radius 1 is 1.29 bits per heavy atom. The van der Waals surface area contributed by atoms with E-state index in [1.54, 1.807) is 0 Å². The van der Waals surface area contributed by atoms with Crippen molar-refractivity contribution in [3.63, 3.8) is 0 Å². The molecule has 0 spiro atoms. The molecule has 0 atom stereocenters. The Morgan fingerprint density at radius 3 is 1.43 bits per heavy atom. The van der Waals surface area contributed by atoms with Crippen molar-refractivity contribution in [1.82, 2.24) is 0 Å². The summed E-state index contributed by atoms with van der Waals surface area (Å²) in [5.41, 5.74) is 0.103. The Labute approximate surface area is 65.7 Å². The molecule has 0 aliphatic rings. The fourth-order valence-electron chi connectivity index (χ4n) is 0. The fraction of sp³-hybridized carbons (Fsp3) is 1.00. The van der Waals surface area contributed by atoms with E-state index in [4.69, 9.17) is 3.79 Å². The second-order valence-corrected chi connectivity index (χ2v) is 2.72. The second kappa shape index (κ2) is 4.02. The van der Waals surface area contributed by atoms with Crippen LogP contribution in [0.1, 0.15) is 20.8 Å². The van der Waals surface area contributed by atoms with Crippen LogP contribution in [0.15, 0.2) is 0 Å². The van der Waals surface area contributed by atoms with Crippen molar-refractivity contribution < 1.29 is 3.79 Å². The van der Waals surface area contributed by atoms with Crippen molar-refractivity contribution >= 4 is 35.5 Å². The zero-order chi connectivity index (χ0) is 5.21.